The summed E-state index contributed by atoms with van der Waals surface area (Å²) in [7, 11) is -1.17. The molecule has 12 nitrogen and oxygen atoms in total. The highest BCUT2D eigenvalue weighted by atomic mass is 32.2. The molecule has 3 saturated heterocycles. The van der Waals surface area contributed by atoms with Crippen LogP contribution < -0.4 is 18.9 Å². The van der Waals surface area contributed by atoms with Crippen LogP contribution in [0.2, 0.25) is 0 Å². The van der Waals surface area contributed by atoms with Crippen molar-refractivity contribution >= 4 is 31.2 Å². The molecule has 3 heterocycles. The van der Waals surface area contributed by atoms with E-state index in [-0.39, 0.29) is 47.7 Å². The third-order valence-corrected chi connectivity index (χ3v) is 11.8. The van der Waals surface area contributed by atoms with Crippen molar-refractivity contribution < 1.29 is 45.4 Å². The van der Waals surface area contributed by atoms with Gasteiger partial charge >= 0.3 is 0 Å². The smallest absolute Gasteiger partial charge is 0.176 e. The van der Waals surface area contributed by atoms with E-state index in [4.69, 9.17) is 18.9 Å². The molecule has 0 amide bonds. The van der Waals surface area contributed by atoms with Crippen LogP contribution in [0.5, 0.6) is 23.0 Å². The molecule has 0 aliphatic carbocycles. The first-order valence-electron chi connectivity index (χ1n) is 13.3. The van der Waals surface area contributed by atoms with Crippen LogP contribution in [0, 0.1) is 0 Å². The SMILES string of the molecule is COc1ccc(C(=O)CN2[C@@H]3CS(=O)(=O)C[C@@H]3N(CC(=O)c3ccc(OC)c(OC)c3)[C@@H]3CS(=O)(=O)C[C@@H]32)cc1OC. The molecule has 0 N–H and O–H groups in total. The average molecular weight is 623 g/mol. The van der Waals surface area contributed by atoms with E-state index in [9.17, 15) is 26.4 Å². The molecule has 228 valence electrons. The summed E-state index contributed by atoms with van der Waals surface area (Å²) in [6.45, 7) is -0.360. The minimum absolute atomic E-state index is 0.180. The molecular weight excluding hydrogens is 588 g/mol. The van der Waals surface area contributed by atoms with Gasteiger partial charge in [-0.1, -0.05) is 0 Å². The van der Waals surface area contributed by atoms with E-state index >= 15 is 0 Å². The normalized spacial score (nSPS) is 26.2. The molecule has 14 heteroatoms. The summed E-state index contributed by atoms with van der Waals surface area (Å²) in [6.07, 6.45) is 0. The molecule has 5 rings (SSSR count). The summed E-state index contributed by atoms with van der Waals surface area (Å²) in [5.74, 6) is 0.0735. The van der Waals surface area contributed by atoms with Crippen LogP contribution in [0.4, 0.5) is 0 Å². The molecule has 2 aromatic carbocycles. The molecule has 0 saturated carbocycles. The number of ketones is 2. The molecule has 42 heavy (non-hydrogen) atoms. The fraction of sp³-hybridized carbons (Fsp3) is 0.500. The number of hydrogen-bond donors (Lipinski definition) is 0. The first-order valence-corrected chi connectivity index (χ1v) is 17.0. The van der Waals surface area contributed by atoms with Crippen LogP contribution in [0.25, 0.3) is 0 Å². The molecule has 0 radical (unpaired) electrons. The fourth-order valence-electron chi connectivity index (χ4n) is 6.38. The zero-order chi connectivity index (χ0) is 30.4. The highest BCUT2D eigenvalue weighted by Gasteiger charge is 2.58. The van der Waals surface area contributed by atoms with Crippen molar-refractivity contribution in [1.82, 2.24) is 9.80 Å². The van der Waals surface area contributed by atoms with E-state index < -0.39 is 43.8 Å². The van der Waals surface area contributed by atoms with Crippen molar-refractivity contribution in [3.8, 4) is 23.0 Å². The number of hydrogen-bond acceptors (Lipinski definition) is 12. The molecule has 0 spiro atoms. The molecule has 3 aliphatic heterocycles. The van der Waals surface area contributed by atoms with Crippen molar-refractivity contribution in [3.63, 3.8) is 0 Å². The maximum atomic E-state index is 13.5. The molecular formula is C28H34N2O10S2. The Bertz CT molecular complexity index is 1450. The zero-order valence-corrected chi connectivity index (χ0v) is 25.4. The number of carbonyl (C=O) groups excluding carboxylic acids is 2. The van der Waals surface area contributed by atoms with Gasteiger partial charge in [0.1, 0.15) is 0 Å². The molecule has 0 unspecified atom stereocenters. The number of benzene rings is 2. The Morgan fingerprint density at radius 3 is 1.19 bits per heavy atom. The maximum absolute atomic E-state index is 13.5. The van der Waals surface area contributed by atoms with Crippen LogP contribution in [0.3, 0.4) is 0 Å². The number of piperazine rings is 1. The van der Waals surface area contributed by atoms with Gasteiger partial charge in [-0.3, -0.25) is 19.4 Å². The van der Waals surface area contributed by atoms with Crippen molar-refractivity contribution in [2.45, 2.75) is 24.2 Å². The van der Waals surface area contributed by atoms with Crippen LogP contribution in [-0.4, -0.2) is 127 Å². The number of carbonyl (C=O) groups is 2. The predicted molar refractivity (Wildman–Crippen MR) is 154 cm³/mol. The molecule has 3 fully saturated rings. The fourth-order valence-corrected chi connectivity index (χ4v) is 10.4. The second-order valence-corrected chi connectivity index (χ2v) is 15.1. The molecule has 2 aromatic rings. The van der Waals surface area contributed by atoms with Gasteiger partial charge in [-0.25, -0.2) is 16.8 Å². The van der Waals surface area contributed by atoms with Gasteiger partial charge < -0.3 is 18.9 Å². The monoisotopic (exact) mass is 622 g/mol. The predicted octanol–water partition coefficient (Wildman–Crippen LogP) is 0.735. The third-order valence-electron chi connectivity index (χ3n) is 8.35. The minimum Gasteiger partial charge on any atom is -0.493 e. The number of fused-ring (bicyclic) bond motifs is 2. The van der Waals surface area contributed by atoms with Gasteiger partial charge in [0.05, 0.1) is 64.5 Å². The van der Waals surface area contributed by atoms with Gasteiger partial charge in [-0.05, 0) is 36.4 Å². The summed E-state index contributed by atoms with van der Waals surface area (Å²) in [5.41, 5.74) is 0.655. The first kappa shape index (κ1) is 30.3. The zero-order valence-electron chi connectivity index (χ0n) is 23.8. The number of nitrogens with zero attached hydrogens (tertiary/aromatic N) is 2. The highest BCUT2D eigenvalue weighted by Crippen LogP contribution is 2.38. The first-order chi connectivity index (χ1) is 19.9. The molecule has 0 aromatic heterocycles. The van der Waals surface area contributed by atoms with E-state index in [2.05, 4.69) is 0 Å². The number of ether oxygens (including phenoxy) is 4. The lowest BCUT2D eigenvalue weighted by atomic mass is 9.92. The number of methoxy groups -OCH3 is 4. The summed E-state index contributed by atoms with van der Waals surface area (Å²) < 4.78 is 73.0. The van der Waals surface area contributed by atoms with Gasteiger partial charge in [-0.15, -0.1) is 0 Å². The van der Waals surface area contributed by atoms with E-state index in [0.29, 0.717) is 34.1 Å². The standard InChI is InChI=1S/C28H34N2O10S2/c1-37-25-7-5-17(9-27(25)39-3)23(31)11-29-19-13-41(33,34)15-21(19)30(22-16-42(35,36)14-20(22)29)12-24(32)18-6-8-26(38-2)28(10-18)40-4/h5-10,19-22H,11-16H2,1-4H3/t19-,20+,21+,22-. The molecule has 4 atom stereocenters. The topological polar surface area (TPSA) is 146 Å². The Kier molecular flexibility index (Phi) is 8.27. The minimum atomic E-state index is -3.52. The van der Waals surface area contributed by atoms with Gasteiger partial charge in [-0.2, -0.15) is 0 Å². The summed E-state index contributed by atoms with van der Waals surface area (Å²) in [4.78, 5) is 30.5. The summed E-state index contributed by atoms with van der Waals surface area (Å²) >= 11 is 0. The second kappa shape index (κ2) is 11.5. The Balaban J connectivity index is 1.47. The Morgan fingerprint density at radius 1 is 0.595 bits per heavy atom. The molecule has 0 bridgehead atoms. The van der Waals surface area contributed by atoms with E-state index in [1.165, 1.54) is 28.4 Å². The average Bonchev–Trinajstić information content (AvgIpc) is 3.47. The van der Waals surface area contributed by atoms with E-state index in [1.54, 1.807) is 46.2 Å². The van der Waals surface area contributed by atoms with Crippen LogP contribution in [-0.2, 0) is 19.7 Å². The Hall–Kier alpha value is -3.20. The van der Waals surface area contributed by atoms with Gasteiger partial charge in [0.15, 0.2) is 54.2 Å². The third kappa shape index (κ3) is 5.72. The lowest BCUT2D eigenvalue weighted by molar-refractivity contribution is -0.0177. The number of rotatable bonds is 10. The summed E-state index contributed by atoms with van der Waals surface area (Å²) in [6, 6.07) is 6.85. The lowest BCUT2D eigenvalue weighted by Crippen LogP contribution is -2.69. The van der Waals surface area contributed by atoms with Gasteiger partial charge in [0.2, 0.25) is 0 Å². The van der Waals surface area contributed by atoms with Gasteiger partial charge in [0, 0.05) is 35.3 Å². The maximum Gasteiger partial charge on any atom is 0.176 e. The van der Waals surface area contributed by atoms with Crippen LogP contribution in [0.1, 0.15) is 20.7 Å². The van der Waals surface area contributed by atoms with E-state index in [1.807, 2.05) is 0 Å². The molecule has 3 aliphatic rings. The quantitative estimate of drug-likeness (QED) is 0.345. The second-order valence-electron chi connectivity index (χ2n) is 10.8. The highest BCUT2D eigenvalue weighted by molar-refractivity contribution is 7.92. The Morgan fingerprint density at radius 2 is 0.905 bits per heavy atom. The number of sulfone groups is 2. The van der Waals surface area contributed by atoms with Crippen LogP contribution >= 0.6 is 0 Å². The van der Waals surface area contributed by atoms with Gasteiger partial charge in [0.25, 0.3) is 0 Å². The van der Waals surface area contributed by atoms with Crippen LogP contribution in [0.15, 0.2) is 36.4 Å². The van der Waals surface area contributed by atoms with Crippen molar-refractivity contribution in [2.24, 2.45) is 0 Å². The lowest BCUT2D eigenvalue weighted by Gasteiger charge is -2.50. The van der Waals surface area contributed by atoms with Crippen molar-refractivity contribution in [2.75, 3.05) is 64.5 Å². The largest absolute Gasteiger partial charge is 0.493 e. The van der Waals surface area contributed by atoms with E-state index in [0.717, 1.165) is 0 Å². The van der Waals surface area contributed by atoms with Crippen molar-refractivity contribution in [1.29, 1.82) is 0 Å². The number of Topliss-reactive ketones (excluding diaryl/α,β-unsaturated/α-hetero) is 2. The summed E-state index contributed by atoms with van der Waals surface area (Å²) in [5, 5.41) is 0. The Labute approximate surface area is 245 Å². The van der Waals surface area contributed by atoms with Crippen molar-refractivity contribution in [3.05, 3.63) is 47.5 Å².